The summed E-state index contributed by atoms with van der Waals surface area (Å²) >= 11 is 0. The van der Waals surface area contributed by atoms with Crippen molar-refractivity contribution in [2.24, 2.45) is 34.5 Å². The van der Waals surface area contributed by atoms with E-state index in [1.165, 1.54) is 31.9 Å². The third kappa shape index (κ3) is 4.83. The predicted octanol–water partition coefficient (Wildman–Crippen LogP) is 6.09. The van der Waals surface area contributed by atoms with Crippen LogP contribution in [0.3, 0.4) is 0 Å². The fraction of sp³-hybridized carbons (Fsp3) is 0.706. The van der Waals surface area contributed by atoms with Gasteiger partial charge in [0.2, 0.25) is 5.60 Å². The molecule has 8 atom stereocenters. The van der Waals surface area contributed by atoms with Crippen molar-refractivity contribution >= 4 is 23.9 Å². The summed E-state index contributed by atoms with van der Waals surface area (Å²) in [6.07, 6.45) is 11.9. The lowest BCUT2D eigenvalue weighted by molar-refractivity contribution is -0.182. The molecule has 8 nitrogen and oxygen atoms in total. The van der Waals surface area contributed by atoms with E-state index in [9.17, 15) is 24.3 Å². The summed E-state index contributed by atoms with van der Waals surface area (Å²) in [4.78, 5) is 48.8. The molecule has 2 saturated carbocycles. The minimum atomic E-state index is -1.68. The second-order valence-electron chi connectivity index (χ2n) is 14.5. The number of hydrogen-bond acceptors (Lipinski definition) is 7. The van der Waals surface area contributed by atoms with Gasteiger partial charge in [-0.3, -0.25) is 9.59 Å². The van der Waals surface area contributed by atoms with Gasteiger partial charge in [0, 0.05) is 31.8 Å². The SMILES string of the molecule is CC(=O)OC1CC(C(C)(OC(C)=O)C(=O)O)CC1C1CCC2(C)C3=C(C=C4C=CC(=O)OC(C)(C)C4CC3)CCC12C. The van der Waals surface area contributed by atoms with Crippen LogP contribution in [0, 0.1) is 34.5 Å². The minimum Gasteiger partial charge on any atom is -0.478 e. The van der Waals surface area contributed by atoms with Gasteiger partial charge in [0.15, 0.2) is 0 Å². The Labute approximate surface area is 248 Å². The van der Waals surface area contributed by atoms with Gasteiger partial charge in [-0.2, -0.15) is 0 Å². The quantitative estimate of drug-likeness (QED) is 0.306. The Hall–Kier alpha value is -2.90. The highest BCUT2D eigenvalue weighted by Crippen LogP contribution is 2.69. The Kier molecular flexibility index (Phi) is 7.55. The first kappa shape index (κ1) is 30.6. The van der Waals surface area contributed by atoms with E-state index >= 15 is 0 Å². The van der Waals surface area contributed by atoms with Crippen molar-refractivity contribution in [2.45, 2.75) is 117 Å². The van der Waals surface area contributed by atoms with Gasteiger partial charge in [0.25, 0.3) is 0 Å². The Morgan fingerprint density at radius 3 is 2.36 bits per heavy atom. The van der Waals surface area contributed by atoms with Crippen LogP contribution in [0.2, 0.25) is 0 Å². The maximum absolute atomic E-state index is 12.4. The Balaban J connectivity index is 1.49. The summed E-state index contributed by atoms with van der Waals surface area (Å²) in [5.74, 6) is -2.64. The number of ether oxygens (including phenoxy) is 3. The summed E-state index contributed by atoms with van der Waals surface area (Å²) in [5.41, 5.74) is 1.59. The van der Waals surface area contributed by atoms with Crippen molar-refractivity contribution in [3.8, 4) is 0 Å². The molecule has 1 aliphatic heterocycles. The summed E-state index contributed by atoms with van der Waals surface area (Å²) in [7, 11) is 0. The molecule has 1 heterocycles. The standard InChI is InChI=1S/C34H46O8/c1-19(35)40-28-18-23(34(7,30(38)39)41-20(2)36)17-24(28)27-13-15-32(5)26-10-9-25-21(8-11-29(37)42-31(25,3)4)16-22(26)12-14-33(27,32)6/h8,11,16,23-25,27-28H,9-10,12-15,17-18H2,1-7H3,(H,38,39). The number of fused-ring (bicyclic) bond motifs is 3. The van der Waals surface area contributed by atoms with Gasteiger partial charge in [-0.05, 0) is 106 Å². The Morgan fingerprint density at radius 1 is 1.00 bits per heavy atom. The van der Waals surface area contributed by atoms with E-state index in [1.54, 1.807) is 6.08 Å². The molecule has 5 aliphatic rings. The van der Waals surface area contributed by atoms with Crippen molar-refractivity contribution in [2.75, 3.05) is 0 Å². The molecule has 0 amide bonds. The van der Waals surface area contributed by atoms with Crippen LogP contribution in [-0.2, 0) is 33.4 Å². The molecule has 0 aromatic carbocycles. The van der Waals surface area contributed by atoms with Crippen LogP contribution >= 0.6 is 0 Å². The zero-order chi connectivity index (χ0) is 30.8. The maximum Gasteiger partial charge on any atom is 0.348 e. The van der Waals surface area contributed by atoms with Crippen LogP contribution in [0.25, 0.3) is 0 Å². The molecule has 42 heavy (non-hydrogen) atoms. The van der Waals surface area contributed by atoms with E-state index in [0.29, 0.717) is 12.8 Å². The third-order valence-electron chi connectivity index (χ3n) is 12.0. The zero-order valence-corrected chi connectivity index (χ0v) is 26.1. The molecule has 5 rings (SSSR count). The van der Waals surface area contributed by atoms with Gasteiger partial charge in [-0.1, -0.05) is 31.6 Å². The number of allylic oxidation sites excluding steroid dienone is 4. The first-order valence-corrected chi connectivity index (χ1v) is 15.5. The Bertz CT molecular complexity index is 1290. The van der Waals surface area contributed by atoms with Crippen LogP contribution in [0.5, 0.6) is 0 Å². The number of rotatable bonds is 5. The molecule has 0 radical (unpaired) electrons. The first-order valence-electron chi connectivity index (χ1n) is 15.5. The van der Waals surface area contributed by atoms with E-state index < -0.39 is 35.2 Å². The van der Waals surface area contributed by atoms with Crippen LogP contribution in [0.15, 0.2) is 34.9 Å². The average molecular weight is 583 g/mol. The number of cyclic esters (lactones) is 1. The lowest BCUT2D eigenvalue weighted by atomic mass is 9.52. The number of carboxylic acids is 1. The van der Waals surface area contributed by atoms with Crippen LogP contribution < -0.4 is 0 Å². The molecule has 0 bridgehead atoms. The number of aliphatic carboxylic acids is 1. The van der Waals surface area contributed by atoms with Crippen LogP contribution in [-0.4, -0.2) is 46.3 Å². The third-order valence-corrected chi connectivity index (χ3v) is 12.0. The number of carbonyl (C=O) groups is 4. The van der Waals surface area contributed by atoms with E-state index in [4.69, 9.17) is 14.2 Å². The van der Waals surface area contributed by atoms with E-state index in [0.717, 1.165) is 44.1 Å². The van der Waals surface area contributed by atoms with Crippen molar-refractivity contribution in [3.63, 3.8) is 0 Å². The summed E-state index contributed by atoms with van der Waals surface area (Å²) in [6, 6.07) is 0. The van der Waals surface area contributed by atoms with E-state index in [-0.39, 0.29) is 40.5 Å². The highest BCUT2D eigenvalue weighted by atomic mass is 16.6. The minimum absolute atomic E-state index is 0.0291. The molecule has 0 spiro atoms. The molecule has 0 saturated heterocycles. The second kappa shape index (κ2) is 10.4. The highest BCUT2D eigenvalue weighted by molar-refractivity contribution is 5.84. The molecule has 0 aromatic rings. The lowest BCUT2D eigenvalue weighted by Crippen LogP contribution is -2.46. The summed E-state index contributed by atoms with van der Waals surface area (Å²) in [6.45, 7) is 12.9. The van der Waals surface area contributed by atoms with Gasteiger partial charge < -0.3 is 19.3 Å². The smallest absolute Gasteiger partial charge is 0.348 e. The molecule has 230 valence electrons. The van der Waals surface area contributed by atoms with Crippen molar-refractivity contribution in [3.05, 3.63) is 34.9 Å². The maximum atomic E-state index is 12.4. The molecule has 2 fully saturated rings. The van der Waals surface area contributed by atoms with Gasteiger partial charge in [0.1, 0.15) is 11.7 Å². The second-order valence-corrected chi connectivity index (χ2v) is 14.5. The number of carboxylic acid groups (broad SMARTS) is 1. The van der Waals surface area contributed by atoms with Crippen molar-refractivity contribution < 1.29 is 38.5 Å². The Morgan fingerprint density at radius 2 is 1.71 bits per heavy atom. The average Bonchev–Trinajstić information content (AvgIpc) is 3.27. The molecule has 0 aromatic heterocycles. The monoisotopic (exact) mass is 582 g/mol. The van der Waals surface area contributed by atoms with Gasteiger partial charge in [0.05, 0.1) is 0 Å². The van der Waals surface area contributed by atoms with Crippen LogP contribution in [0.1, 0.15) is 99.8 Å². The first-order chi connectivity index (χ1) is 19.5. The molecule has 1 N–H and O–H groups in total. The van der Waals surface area contributed by atoms with E-state index in [1.807, 2.05) is 19.9 Å². The lowest BCUT2D eigenvalue weighted by Gasteiger charge is -2.52. The van der Waals surface area contributed by atoms with Crippen molar-refractivity contribution in [1.29, 1.82) is 0 Å². The number of esters is 3. The predicted molar refractivity (Wildman–Crippen MR) is 155 cm³/mol. The largest absolute Gasteiger partial charge is 0.478 e. The fourth-order valence-electron chi connectivity index (χ4n) is 9.65. The molecule has 4 aliphatic carbocycles. The topological polar surface area (TPSA) is 116 Å². The van der Waals surface area contributed by atoms with Gasteiger partial charge in [-0.25, -0.2) is 9.59 Å². The molecule has 8 heteroatoms. The summed E-state index contributed by atoms with van der Waals surface area (Å²) < 4.78 is 17.1. The summed E-state index contributed by atoms with van der Waals surface area (Å²) in [5, 5.41) is 10.1. The van der Waals surface area contributed by atoms with Crippen molar-refractivity contribution in [1.82, 2.24) is 0 Å². The van der Waals surface area contributed by atoms with Crippen LogP contribution in [0.4, 0.5) is 0 Å². The van der Waals surface area contributed by atoms with E-state index in [2.05, 4.69) is 19.9 Å². The van der Waals surface area contributed by atoms with Gasteiger partial charge in [-0.15, -0.1) is 0 Å². The normalized spacial score (nSPS) is 38.5. The number of hydrogen-bond donors (Lipinski definition) is 1. The fourth-order valence-corrected chi connectivity index (χ4v) is 9.65. The molecular formula is C34H46O8. The highest BCUT2D eigenvalue weighted by Gasteiger charge is 2.63. The zero-order valence-electron chi connectivity index (χ0n) is 26.1. The van der Waals surface area contributed by atoms with Gasteiger partial charge >= 0.3 is 23.9 Å². The molecular weight excluding hydrogens is 536 g/mol. The molecule has 8 unspecified atom stereocenters. The number of carbonyl (C=O) groups excluding carboxylic acids is 3.